The summed E-state index contributed by atoms with van der Waals surface area (Å²) >= 11 is 0. The highest BCUT2D eigenvalue weighted by molar-refractivity contribution is 7.89. The molecule has 45 heavy (non-hydrogen) atoms. The second-order valence-corrected chi connectivity index (χ2v) is 13.0. The molecule has 2 fully saturated rings. The van der Waals surface area contributed by atoms with Gasteiger partial charge in [0.2, 0.25) is 15.9 Å². The van der Waals surface area contributed by atoms with Gasteiger partial charge < -0.3 is 15.4 Å². The van der Waals surface area contributed by atoms with Crippen LogP contribution in [0.3, 0.4) is 0 Å². The summed E-state index contributed by atoms with van der Waals surface area (Å²) in [6.45, 7) is 3.47. The second kappa shape index (κ2) is 13.4. The first-order valence-electron chi connectivity index (χ1n) is 14.6. The van der Waals surface area contributed by atoms with Gasteiger partial charge in [-0.2, -0.15) is 17.5 Å². The molecule has 5 rings (SSSR count). The van der Waals surface area contributed by atoms with E-state index in [9.17, 15) is 30.8 Å². The van der Waals surface area contributed by atoms with E-state index < -0.39 is 39.0 Å². The fourth-order valence-electron chi connectivity index (χ4n) is 5.40. The van der Waals surface area contributed by atoms with E-state index in [1.807, 2.05) is 0 Å². The molecule has 1 aromatic heterocycles. The van der Waals surface area contributed by atoms with Crippen molar-refractivity contribution in [3.8, 4) is 11.3 Å². The molecule has 8 nitrogen and oxygen atoms in total. The lowest BCUT2D eigenvalue weighted by molar-refractivity contribution is -0.137. The lowest BCUT2D eigenvalue weighted by Gasteiger charge is -2.29. The molecule has 2 aliphatic rings. The number of alkyl halides is 3. The molecule has 240 valence electrons. The van der Waals surface area contributed by atoms with Gasteiger partial charge in [0.05, 0.1) is 29.3 Å². The first-order chi connectivity index (χ1) is 21.4. The van der Waals surface area contributed by atoms with Crippen LogP contribution >= 0.6 is 0 Å². The van der Waals surface area contributed by atoms with Crippen LogP contribution in [0.5, 0.6) is 0 Å². The molecule has 1 aliphatic heterocycles. The van der Waals surface area contributed by atoms with Crippen LogP contribution in [0.25, 0.3) is 17.3 Å². The molecule has 1 amide bonds. The van der Waals surface area contributed by atoms with Crippen molar-refractivity contribution in [1.29, 1.82) is 0 Å². The molecule has 1 saturated carbocycles. The Hall–Kier alpha value is -3.65. The Labute approximate surface area is 259 Å². The Bertz CT molecular complexity index is 1640. The molecule has 0 spiro atoms. The van der Waals surface area contributed by atoms with Gasteiger partial charge in [-0.05, 0) is 60.4 Å². The van der Waals surface area contributed by atoms with Crippen LogP contribution in [0.15, 0.2) is 66.7 Å². The zero-order chi connectivity index (χ0) is 32.2. The van der Waals surface area contributed by atoms with Gasteiger partial charge in [0, 0.05) is 31.7 Å². The maximum atomic E-state index is 13.5. The van der Waals surface area contributed by atoms with Crippen LogP contribution in [-0.2, 0) is 32.3 Å². The number of morpholine rings is 1. The quantitative estimate of drug-likeness (QED) is 0.282. The second-order valence-electron chi connectivity index (χ2n) is 11.0. The van der Waals surface area contributed by atoms with Gasteiger partial charge in [0.25, 0.3) is 0 Å². The van der Waals surface area contributed by atoms with Crippen LogP contribution in [0.1, 0.15) is 48.3 Å². The van der Waals surface area contributed by atoms with Crippen molar-refractivity contribution in [1.82, 2.24) is 19.9 Å². The summed E-state index contributed by atoms with van der Waals surface area (Å²) in [5.41, 5.74) is 0.765. The number of likely N-dealkylation sites (N-methyl/N-ethyl adjacent to an activating group) is 1. The van der Waals surface area contributed by atoms with Crippen molar-refractivity contribution in [2.24, 2.45) is 0 Å². The summed E-state index contributed by atoms with van der Waals surface area (Å²) in [7, 11) is -3.85. The summed E-state index contributed by atoms with van der Waals surface area (Å²) in [6, 6.07) is 13.8. The average molecular weight is 647 g/mol. The maximum absolute atomic E-state index is 13.5. The zero-order valence-electron chi connectivity index (χ0n) is 24.6. The Kier molecular flexibility index (Phi) is 9.73. The van der Waals surface area contributed by atoms with E-state index in [4.69, 9.17) is 4.74 Å². The number of ether oxygens (including phenoxy) is 1. The Balaban J connectivity index is 1.32. The number of rotatable bonds is 11. The van der Waals surface area contributed by atoms with Gasteiger partial charge in [-0.15, -0.1) is 0 Å². The summed E-state index contributed by atoms with van der Waals surface area (Å²) in [4.78, 5) is 18.2. The molecule has 2 aromatic carbocycles. The zero-order valence-corrected chi connectivity index (χ0v) is 25.4. The number of hydrogen-bond donors (Lipinski definition) is 2. The monoisotopic (exact) mass is 646 g/mol. The molecule has 0 radical (unpaired) electrons. The third kappa shape index (κ3) is 7.78. The standard InChI is InChI=1S/C32H34F4N4O4S/c1-2-40(45(42,43)17-3-4-22-5-11-26(33)12-6-22)31(13-14-31)30(41)38-20-23-18-27(24-7-9-25(10-8-24)32(34,35)36)39-28(19-23)29-21-37-15-16-44-29/h3-12,18-19,29,37H,2,13-17,20-21H2,1H3,(H,38,41). The minimum Gasteiger partial charge on any atom is -0.369 e. The van der Waals surface area contributed by atoms with E-state index in [1.165, 1.54) is 46.8 Å². The predicted molar refractivity (Wildman–Crippen MR) is 162 cm³/mol. The maximum Gasteiger partial charge on any atom is 0.416 e. The Morgan fingerprint density at radius 2 is 1.84 bits per heavy atom. The number of hydrogen-bond acceptors (Lipinski definition) is 6. The van der Waals surface area contributed by atoms with Gasteiger partial charge in [0.15, 0.2) is 0 Å². The number of aromatic nitrogens is 1. The number of carbonyl (C=O) groups excluding carboxylic acids is 1. The van der Waals surface area contributed by atoms with E-state index in [-0.39, 0.29) is 24.9 Å². The molecule has 1 aliphatic carbocycles. The van der Waals surface area contributed by atoms with Crippen molar-refractivity contribution >= 4 is 22.0 Å². The highest BCUT2D eigenvalue weighted by Gasteiger charge is 2.57. The SMILES string of the molecule is CCN(C1(C(=O)NCc2cc(-c3ccc(C(F)(F)F)cc3)nc(C3CNCCO3)c2)CC1)S(=O)(=O)CC=Cc1ccc(F)cc1. The van der Waals surface area contributed by atoms with E-state index in [1.54, 1.807) is 25.1 Å². The van der Waals surface area contributed by atoms with Gasteiger partial charge in [-0.1, -0.05) is 43.3 Å². The fourth-order valence-corrected chi connectivity index (χ4v) is 7.11. The lowest BCUT2D eigenvalue weighted by Crippen LogP contribution is -2.52. The number of amides is 1. The summed E-state index contributed by atoms with van der Waals surface area (Å²) < 4.78 is 86.3. The molecule has 1 atom stereocenters. The molecule has 2 N–H and O–H groups in total. The fraction of sp³-hybridized carbons (Fsp3) is 0.375. The highest BCUT2D eigenvalue weighted by Crippen LogP contribution is 2.44. The van der Waals surface area contributed by atoms with E-state index in [2.05, 4.69) is 15.6 Å². The predicted octanol–water partition coefficient (Wildman–Crippen LogP) is 5.08. The van der Waals surface area contributed by atoms with Crippen molar-refractivity contribution in [3.05, 3.63) is 94.9 Å². The summed E-state index contributed by atoms with van der Waals surface area (Å²) in [5, 5.41) is 6.11. The summed E-state index contributed by atoms with van der Waals surface area (Å²) in [5.74, 6) is -1.15. The molecular weight excluding hydrogens is 612 g/mol. The van der Waals surface area contributed by atoms with Gasteiger partial charge in [0.1, 0.15) is 17.5 Å². The molecule has 2 heterocycles. The lowest BCUT2D eigenvalue weighted by atomic mass is 10.0. The Morgan fingerprint density at radius 3 is 2.44 bits per heavy atom. The Morgan fingerprint density at radius 1 is 1.13 bits per heavy atom. The van der Waals surface area contributed by atoms with Gasteiger partial charge in [-0.3, -0.25) is 4.79 Å². The van der Waals surface area contributed by atoms with Gasteiger partial charge >= 0.3 is 6.18 Å². The molecule has 3 aromatic rings. The number of sulfonamides is 1. The highest BCUT2D eigenvalue weighted by atomic mass is 32.2. The van der Waals surface area contributed by atoms with Crippen LogP contribution in [0, 0.1) is 5.82 Å². The molecular formula is C32H34F4N4O4S. The van der Waals surface area contributed by atoms with Crippen molar-refractivity contribution in [2.45, 2.75) is 44.1 Å². The summed E-state index contributed by atoms with van der Waals surface area (Å²) in [6.07, 6.45) is -1.06. The van der Waals surface area contributed by atoms with E-state index in [0.29, 0.717) is 60.6 Å². The largest absolute Gasteiger partial charge is 0.416 e. The third-order valence-electron chi connectivity index (χ3n) is 7.86. The molecule has 0 bridgehead atoms. The number of nitrogens with zero attached hydrogens (tertiary/aromatic N) is 2. The van der Waals surface area contributed by atoms with E-state index in [0.717, 1.165) is 12.1 Å². The number of halogens is 4. The number of nitrogens with one attached hydrogen (secondary N) is 2. The third-order valence-corrected chi connectivity index (χ3v) is 9.75. The number of pyridine rings is 1. The normalized spacial score (nSPS) is 18.3. The first-order valence-corrected chi connectivity index (χ1v) is 16.2. The van der Waals surface area contributed by atoms with Crippen molar-refractivity contribution < 1.29 is 35.5 Å². The minimum atomic E-state index is -4.47. The van der Waals surface area contributed by atoms with Crippen molar-refractivity contribution in [2.75, 3.05) is 32.0 Å². The minimum absolute atomic E-state index is 0.0476. The van der Waals surface area contributed by atoms with E-state index >= 15 is 0 Å². The van der Waals surface area contributed by atoms with Crippen molar-refractivity contribution in [3.63, 3.8) is 0 Å². The molecule has 13 heteroatoms. The topological polar surface area (TPSA) is 101 Å². The van der Waals surface area contributed by atoms with Gasteiger partial charge in [-0.25, -0.2) is 17.8 Å². The van der Waals surface area contributed by atoms with Crippen LogP contribution in [0.2, 0.25) is 0 Å². The molecule has 1 unspecified atom stereocenters. The van der Waals surface area contributed by atoms with Crippen LogP contribution < -0.4 is 10.6 Å². The average Bonchev–Trinajstić information content (AvgIpc) is 3.82. The molecule has 1 saturated heterocycles. The first kappa shape index (κ1) is 32.7. The van der Waals surface area contributed by atoms with Crippen LogP contribution in [0.4, 0.5) is 17.6 Å². The van der Waals surface area contributed by atoms with Crippen LogP contribution in [-0.4, -0.2) is 61.1 Å². The number of carbonyl (C=O) groups is 1. The smallest absolute Gasteiger partial charge is 0.369 e. The number of benzene rings is 2.